The van der Waals surface area contributed by atoms with Crippen molar-refractivity contribution in [1.82, 2.24) is 9.55 Å². The van der Waals surface area contributed by atoms with Crippen molar-refractivity contribution >= 4 is 44.3 Å². The van der Waals surface area contributed by atoms with Gasteiger partial charge in [-0.05, 0) is 37.3 Å². The van der Waals surface area contributed by atoms with Crippen LogP contribution in [0.4, 0.5) is 10.3 Å². The van der Waals surface area contributed by atoms with Gasteiger partial charge in [-0.3, -0.25) is 10.1 Å². The molecule has 24 heavy (non-hydrogen) atoms. The van der Waals surface area contributed by atoms with Gasteiger partial charge < -0.3 is 4.57 Å². The number of hydrogen-bond acceptors (Lipinski definition) is 3. The van der Waals surface area contributed by atoms with E-state index in [0.717, 1.165) is 15.7 Å². The number of nitrogens with one attached hydrogen (secondary N) is 1. The monoisotopic (exact) mass is 339 g/mol. The first-order valence-electron chi connectivity index (χ1n) is 7.62. The topological polar surface area (TPSA) is 46.9 Å². The molecule has 2 aromatic heterocycles. The van der Waals surface area contributed by atoms with Crippen LogP contribution in [-0.2, 0) is 6.54 Å². The Kier molecular flexibility index (Phi) is 3.54. The van der Waals surface area contributed by atoms with Gasteiger partial charge in [-0.15, -0.1) is 11.3 Å². The molecule has 0 aliphatic heterocycles. The molecule has 0 unspecified atom stereocenters. The van der Waals surface area contributed by atoms with Gasteiger partial charge in [0.05, 0.1) is 15.9 Å². The molecule has 2 heterocycles. The summed E-state index contributed by atoms with van der Waals surface area (Å²) in [6, 6.07) is 14.2. The molecule has 0 spiro atoms. The Morgan fingerprint density at radius 2 is 2.08 bits per heavy atom. The molecule has 4 aromatic rings. The number of carbonyl (C=O) groups excluding carboxylic acids is 1. The molecule has 1 amide bonds. The number of thiophene rings is 1. The number of benzene rings is 2. The van der Waals surface area contributed by atoms with E-state index >= 15 is 0 Å². The van der Waals surface area contributed by atoms with Gasteiger partial charge >= 0.3 is 0 Å². The highest BCUT2D eigenvalue weighted by atomic mass is 32.1. The van der Waals surface area contributed by atoms with Crippen LogP contribution < -0.4 is 5.32 Å². The zero-order chi connectivity index (χ0) is 16.7. The lowest BCUT2D eigenvalue weighted by molar-refractivity contribution is 0.102. The summed E-state index contributed by atoms with van der Waals surface area (Å²) in [5, 5.41) is 3.32. The normalized spacial score (nSPS) is 11.2. The van der Waals surface area contributed by atoms with Crippen LogP contribution in [-0.4, -0.2) is 15.5 Å². The van der Waals surface area contributed by atoms with Crippen LogP contribution in [0.5, 0.6) is 0 Å². The van der Waals surface area contributed by atoms with Crippen molar-refractivity contribution in [2.45, 2.75) is 13.5 Å². The van der Waals surface area contributed by atoms with E-state index in [1.807, 2.05) is 35.8 Å². The Balaban J connectivity index is 1.72. The first kappa shape index (κ1) is 14.8. The Hall–Kier alpha value is -2.73. The second-order valence-corrected chi connectivity index (χ2v) is 6.47. The van der Waals surface area contributed by atoms with Gasteiger partial charge in [0.2, 0.25) is 5.95 Å². The average Bonchev–Trinajstić information content (AvgIpc) is 3.16. The fourth-order valence-corrected chi connectivity index (χ4v) is 3.76. The number of para-hydroxylation sites is 2. The van der Waals surface area contributed by atoms with Crippen LogP contribution in [0.25, 0.3) is 21.1 Å². The second-order valence-electron chi connectivity index (χ2n) is 5.38. The number of anilines is 1. The van der Waals surface area contributed by atoms with Crippen molar-refractivity contribution in [3.05, 3.63) is 59.2 Å². The molecule has 0 aliphatic carbocycles. The molecule has 0 saturated heterocycles. The number of imidazole rings is 1. The highest BCUT2D eigenvalue weighted by Gasteiger charge is 2.16. The number of aryl methyl sites for hydroxylation is 1. The first-order chi connectivity index (χ1) is 11.7. The number of amides is 1. The van der Waals surface area contributed by atoms with Crippen molar-refractivity contribution < 1.29 is 9.18 Å². The van der Waals surface area contributed by atoms with E-state index in [9.17, 15) is 9.18 Å². The van der Waals surface area contributed by atoms with Crippen LogP contribution in [0.15, 0.2) is 48.5 Å². The summed E-state index contributed by atoms with van der Waals surface area (Å²) in [6.45, 7) is 2.69. The molecule has 2 aromatic carbocycles. The Bertz CT molecular complexity index is 1070. The van der Waals surface area contributed by atoms with Gasteiger partial charge in [0.1, 0.15) is 5.82 Å². The van der Waals surface area contributed by atoms with Crippen LogP contribution in [0.1, 0.15) is 16.6 Å². The maximum atomic E-state index is 13.8. The third-order valence-corrected chi connectivity index (χ3v) is 5.03. The third-order valence-electron chi connectivity index (χ3n) is 3.93. The second kappa shape index (κ2) is 5.72. The van der Waals surface area contributed by atoms with E-state index in [-0.39, 0.29) is 11.7 Å². The summed E-state index contributed by atoms with van der Waals surface area (Å²) < 4.78 is 16.5. The van der Waals surface area contributed by atoms with E-state index in [4.69, 9.17) is 0 Å². The Labute approximate surface area is 141 Å². The van der Waals surface area contributed by atoms with Crippen LogP contribution >= 0.6 is 11.3 Å². The van der Waals surface area contributed by atoms with E-state index in [1.54, 1.807) is 18.2 Å². The molecule has 0 fully saturated rings. The third kappa shape index (κ3) is 2.35. The summed E-state index contributed by atoms with van der Waals surface area (Å²) in [7, 11) is 0. The number of carbonyl (C=O) groups is 1. The molecule has 1 N–H and O–H groups in total. The van der Waals surface area contributed by atoms with Gasteiger partial charge in [0.15, 0.2) is 0 Å². The largest absolute Gasteiger partial charge is 0.310 e. The van der Waals surface area contributed by atoms with Crippen molar-refractivity contribution in [1.29, 1.82) is 0 Å². The van der Waals surface area contributed by atoms with Crippen molar-refractivity contribution in [2.75, 3.05) is 5.32 Å². The lowest BCUT2D eigenvalue weighted by Crippen LogP contribution is -2.14. The molecule has 0 bridgehead atoms. The highest BCUT2D eigenvalue weighted by molar-refractivity contribution is 7.20. The molecule has 120 valence electrons. The SMILES string of the molecule is CCn1c(NC(=O)c2cc3c(F)cccc3s2)nc2ccccc21. The van der Waals surface area contributed by atoms with Gasteiger partial charge in [-0.25, -0.2) is 9.37 Å². The maximum absolute atomic E-state index is 13.8. The van der Waals surface area contributed by atoms with Crippen LogP contribution in [0, 0.1) is 5.82 Å². The molecule has 4 rings (SSSR count). The number of halogens is 1. The van der Waals surface area contributed by atoms with Crippen LogP contribution in [0.3, 0.4) is 0 Å². The highest BCUT2D eigenvalue weighted by Crippen LogP contribution is 2.28. The minimum Gasteiger partial charge on any atom is -0.310 e. The molecular formula is C18H14FN3OS. The van der Waals surface area contributed by atoms with Gasteiger partial charge in [0.25, 0.3) is 5.91 Å². The van der Waals surface area contributed by atoms with Crippen molar-refractivity contribution in [3.8, 4) is 0 Å². The zero-order valence-electron chi connectivity index (χ0n) is 12.9. The predicted molar refractivity (Wildman–Crippen MR) is 95.1 cm³/mol. The number of aromatic nitrogens is 2. The predicted octanol–water partition coefficient (Wildman–Crippen LogP) is 4.66. The number of nitrogens with zero attached hydrogens (tertiary/aromatic N) is 2. The molecule has 0 aliphatic rings. The fourth-order valence-electron chi connectivity index (χ4n) is 2.79. The van der Waals surface area contributed by atoms with Crippen LogP contribution in [0.2, 0.25) is 0 Å². The minimum atomic E-state index is -0.316. The Morgan fingerprint density at radius 1 is 1.25 bits per heavy atom. The quantitative estimate of drug-likeness (QED) is 0.590. The summed E-state index contributed by atoms with van der Waals surface area (Å²) in [4.78, 5) is 17.5. The van der Waals surface area contributed by atoms with Gasteiger partial charge in [0, 0.05) is 16.6 Å². The molecule has 4 nitrogen and oxygen atoms in total. The van der Waals surface area contributed by atoms with Gasteiger partial charge in [-0.1, -0.05) is 18.2 Å². The zero-order valence-corrected chi connectivity index (χ0v) is 13.7. The fraction of sp³-hybridized carbons (Fsp3) is 0.111. The lowest BCUT2D eigenvalue weighted by Gasteiger charge is -2.06. The summed E-state index contributed by atoms with van der Waals surface area (Å²) in [5.74, 6) is -0.0918. The Morgan fingerprint density at radius 3 is 2.88 bits per heavy atom. The minimum absolute atomic E-state index is 0.277. The van der Waals surface area contributed by atoms with Gasteiger partial charge in [-0.2, -0.15) is 0 Å². The maximum Gasteiger partial charge on any atom is 0.268 e. The van der Waals surface area contributed by atoms with E-state index in [1.165, 1.54) is 17.4 Å². The molecular weight excluding hydrogens is 325 g/mol. The smallest absolute Gasteiger partial charge is 0.268 e. The number of fused-ring (bicyclic) bond motifs is 2. The number of rotatable bonds is 3. The number of hydrogen-bond donors (Lipinski definition) is 1. The molecule has 6 heteroatoms. The summed E-state index contributed by atoms with van der Waals surface area (Å²) in [6.07, 6.45) is 0. The van der Waals surface area contributed by atoms with E-state index < -0.39 is 0 Å². The molecule has 0 atom stereocenters. The van der Waals surface area contributed by atoms with E-state index in [2.05, 4.69) is 10.3 Å². The standard InChI is InChI=1S/C18H14FN3OS/c1-2-22-14-8-4-3-7-13(14)20-18(22)21-17(23)16-10-11-12(19)6-5-9-15(11)24-16/h3-10H,2H2,1H3,(H,20,21,23). The first-order valence-corrected chi connectivity index (χ1v) is 8.43. The van der Waals surface area contributed by atoms with E-state index in [0.29, 0.717) is 22.8 Å². The molecule has 0 saturated carbocycles. The summed E-state index contributed by atoms with van der Waals surface area (Å²) >= 11 is 1.27. The van der Waals surface area contributed by atoms with Crippen molar-refractivity contribution in [3.63, 3.8) is 0 Å². The summed E-state index contributed by atoms with van der Waals surface area (Å²) in [5.41, 5.74) is 1.80. The lowest BCUT2D eigenvalue weighted by atomic mass is 10.2. The molecule has 0 radical (unpaired) electrons. The average molecular weight is 339 g/mol. The van der Waals surface area contributed by atoms with Crippen molar-refractivity contribution in [2.24, 2.45) is 0 Å².